The first-order chi connectivity index (χ1) is 13.1. The number of nitrogens with zero attached hydrogens (tertiary/aromatic N) is 1. The average Bonchev–Trinajstić information content (AvgIpc) is 3.28. The maximum absolute atomic E-state index is 12.6. The van der Waals surface area contributed by atoms with Crippen molar-refractivity contribution in [3.05, 3.63) is 58.1 Å². The molecule has 0 radical (unpaired) electrons. The molecule has 2 aliphatic rings. The van der Waals surface area contributed by atoms with Gasteiger partial charge in [-0.05, 0) is 33.6 Å². The Bertz CT molecular complexity index is 917. The number of carbonyl (C=O) groups is 2. The highest BCUT2D eigenvalue weighted by molar-refractivity contribution is 9.10. The molecule has 0 unspecified atom stereocenters. The van der Waals surface area contributed by atoms with Crippen LogP contribution in [0.2, 0.25) is 0 Å². The lowest BCUT2D eigenvalue weighted by atomic mass is 9.88. The van der Waals surface area contributed by atoms with Gasteiger partial charge in [0.25, 0.3) is 5.91 Å². The predicted octanol–water partition coefficient (Wildman–Crippen LogP) is 2.16. The van der Waals surface area contributed by atoms with Crippen LogP contribution in [0.15, 0.2) is 52.0 Å². The van der Waals surface area contributed by atoms with Gasteiger partial charge in [0.05, 0.1) is 6.21 Å². The zero-order valence-corrected chi connectivity index (χ0v) is 15.7. The lowest BCUT2D eigenvalue weighted by Gasteiger charge is -2.15. The molecule has 1 fully saturated rings. The first kappa shape index (κ1) is 17.5. The molecule has 0 bridgehead atoms. The summed E-state index contributed by atoms with van der Waals surface area (Å²) in [6.45, 7) is 0.606. The number of hydrogen-bond donors (Lipinski definition) is 2. The molecule has 2 aromatic rings. The van der Waals surface area contributed by atoms with Gasteiger partial charge < -0.3 is 14.8 Å². The van der Waals surface area contributed by atoms with Crippen molar-refractivity contribution in [2.75, 3.05) is 13.3 Å². The van der Waals surface area contributed by atoms with Crippen LogP contribution in [0.25, 0.3) is 0 Å². The molecule has 2 N–H and O–H groups in total. The number of nitrogens with one attached hydrogen (secondary N) is 2. The number of ether oxygens (including phenoxy) is 2. The number of rotatable bonds is 4. The van der Waals surface area contributed by atoms with Crippen molar-refractivity contribution in [1.29, 1.82) is 0 Å². The smallest absolute Gasteiger partial charge is 0.253 e. The van der Waals surface area contributed by atoms with Gasteiger partial charge in [0, 0.05) is 22.5 Å². The quantitative estimate of drug-likeness (QED) is 0.442. The minimum atomic E-state index is -0.815. The van der Waals surface area contributed by atoms with Crippen molar-refractivity contribution in [3.8, 4) is 11.5 Å². The highest BCUT2D eigenvalue weighted by Crippen LogP contribution is 2.36. The first-order valence-corrected chi connectivity index (χ1v) is 9.17. The maximum Gasteiger partial charge on any atom is 0.253 e. The molecule has 0 spiro atoms. The number of carbonyl (C=O) groups excluding carboxylic acids is 2. The van der Waals surface area contributed by atoms with Gasteiger partial charge in [-0.3, -0.25) is 9.59 Å². The molecule has 1 saturated heterocycles. The zero-order valence-electron chi connectivity index (χ0n) is 14.1. The lowest BCUT2D eigenvalue weighted by Crippen LogP contribution is -2.34. The molecule has 2 heterocycles. The largest absolute Gasteiger partial charge is 0.454 e. The molecule has 0 aliphatic carbocycles. The Balaban J connectivity index is 1.47. The molecule has 2 aromatic carbocycles. The predicted molar refractivity (Wildman–Crippen MR) is 102 cm³/mol. The number of fused-ring (bicyclic) bond motifs is 1. The van der Waals surface area contributed by atoms with Crippen molar-refractivity contribution >= 4 is 34.0 Å². The van der Waals surface area contributed by atoms with E-state index >= 15 is 0 Å². The third-order valence-corrected chi connectivity index (χ3v) is 5.25. The van der Waals surface area contributed by atoms with Gasteiger partial charge in [-0.25, -0.2) is 5.43 Å². The summed E-state index contributed by atoms with van der Waals surface area (Å²) in [5.74, 6) is -0.495. The van der Waals surface area contributed by atoms with Crippen LogP contribution in [-0.2, 0) is 9.59 Å². The summed E-state index contributed by atoms with van der Waals surface area (Å²) in [5, 5.41) is 6.76. The van der Waals surface area contributed by atoms with Gasteiger partial charge in [-0.15, -0.1) is 0 Å². The molecular weight excluding hydrogens is 414 g/mol. The second kappa shape index (κ2) is 7.40. The molecule has 4 rings (SSSR count). The van der Waals surface area contributed by atoms with Crippen LogP contribution < -0.4 is 20.2 Å². The van der Waals surface area contributed by atoms with Crippen molar-refractivity contribution in [2.24, 2.45) is 11.0 Å². The second-order valence-corrected chi connectivity index (χ2v) is 7.06. The summed E-state index contributed by atoms with van der Waals surface area (Å²) in [6, 6.07) is 13.1. The fourth-order valence-corrected chi connectivity index (χ4v) is 3.62. The van der Waals surface area contributed by atoms with E-state index in [0.717, 1.165) is 15.6 Å². The van der Waals surface area contributed by atoms with E-state index in [0.29, 0.717) is 18.0 Å². The van der Waals surface area contributed by atoms with Gasteiger partial charge in [0.1, 0.15) is 5.92 Å². The third kappa shape index (κ3) is 3.52. The summed E-state index contributed by atoms with van der Waals surface area (Å²) in [6.07, 6.45) is 1.49. The van der Waals surface area contributed by atoms with Gasteiger partial charge in [0.2, 0.25) is 12.7 Å². The van der Waals surface area contributed by atoms with Gasteiger partial charge in [0.15, 0.2) is 11.5 Å². The average molecular weight is 430 g/mol. The molecule has 2 amide bonds. The molecule has 138 valence electrons. The molecule has 0 saturated carbocycles. The molecule has 27 heavy (non-hydrogen) atoms. The molecule has 7 nitrogen and oxygen atoms in total. The van der Waals surface area contributed by atoms with E-state index in [1.54, 1.807) is 12.1 Å². The third-order valence-electron chi connectivity index (χ3n) is 4.56. The van der Waals surface area contributed by atoms with Crippen LogP contribution in [0, 0.1) is 5.92 Å². The van der Waals surface area contributed by atoms with E-state index in [1.807, 2.05) is 30.3 Å². The van der Waals surface area contributed by atoms with Crippen molar-refractivity contribution in [3.63, 3.8) is 0 Å². The van der Waals surface area contributed by atoms with Crippen LogP contribution in [-0.4, -0.2) is 31.4 Å². The summed E-state index contributed by atoms with van der Waals surface area (Å²) in [4.78, 5) is 24.7. The van der Waals surface area contributed by atoms with E-state index in [4.69, 9.17) is 9.47 Å². The highest BCUT2D eigenvalue weighted by atomic mass is 79.9. The number of hydrogen-bond acceptors (Lipinski definition) is 5. The molecule has 0 aromatic heterocycles. The fraction of sp³-hybridized carbons (Fsp3) is 0.211. The van der Waals surface area contributed by atoms with E-state index in [1.165, 1.54) is 6.21 Å². The lowest BCUT2D eigenvalue weighted by molar-refractivity contribution is -0.133. The minimum absolute atomic E-state index is 0.177. The Morgan fingerprint density at radius 2 is 1.96 bits per heavy atom. The van der Waals surface area contributed by atoms with Crippen LogP contribution >= 0.6 is 15.9 Å². The number of hydrazone groups is 1. The number of benzene rings is 2. The maximum atomic E-state index is 12.6. The van der Waals surface area contributed by atoms with Gasteiger partial charge >= 0.3 is 0 Å². The normalized spacial score (nSPS) is 20.7. The summed E-state index contributed by atoms with van der Waals surface area (Å²) < 4.78 is 11.4. The van der Waals surface area contributed by atoms with Crippen LogP contribution in [0.1, 0.15) is 17.0 Å². The second-order valence-electron chi connectivity index (χ2n) is 6.20. The van der Waals surface area contributed by atoms with Crippen LogP contribution in [0.3, 0.4) is 0 Å². The monoisotopic (exact) mass is 429 g/mol. The molecule has 8 heteroatoms. The molecule has 2 aliphatic heterocycles. The highest BCUT2D eigenvalue weighted by Gasteiger charge is 2.40. The summed E-state index contributed by atoms with van der Waals surface area (Å²) in [7, 11) is 0. The molecule has 2 atom stereocenters. The van der Waals surface area contributed by atoms with Crippen LogP contribution in [0.4, 0.5) is 0 Å². The SMILES string of the molecule is O=C1NC[C@@H](c2ccccc2)[C@H]1C(=O)N/N=C\c1cc2c(cc1Br)OCO2. The number of amides is 2. The Kier molecular flexibility index (Phi) is 4.81. The minimum Gasteiger partial charge on any atom is -0.454 e. The Labute approximate surface area is 163 Å². The van der Waals surface area contributed by atoms with Gasteiger partial charge in [-0.1, -0.05) is 30.3 Å². The fourth-order valence-electron chi connectivity index (χ4n) is 3.20. The Morgan fingerprint density at radius 1 is 1.22 bits per heavy atom. The Hall–Kier alpha value is -2.87. The summed E-state index contributed by atoms with van der Waals surface area (Å²) >= 11 is 3.43. The standard InChI is InChI=1S/C19H16BrN3O4/c20-14-7-16-15(26-10-27-16)6-12(14)8-22-23-19(25)17-13(9-21-18(17)24)11-4-2-1-3-5-11/h1-8,13,17H,9-10H2,(H,21,24)(H,23,25)/b22-8-/t13-,17+/m0/s1. The van der Waals surface area contributed by atoms with E-state index in [9.17, 15) is 9.59 Å². The summed E-state index contributed by atoms with van der Waals surface area (Å²) in [5.41, 5.74) is 4.14. The zero-order chi connectivity index (χ0) is 18.8. The van der Waals surface area contributed by atoms with E-state index < -0.39 is 11.8 Å². The van der Waals surface area contributed by atoms with Gasteiger partial charge in [-0.2, -0.15) is 5.10 Å². The first-order valence-electron chi connectivity index (χ1n) is 8.38. The van der Waals surface area contributed by atoms with E-state index in [2.05, 4.69) is 31.8 Å². The van der Waals surface area contributed by atoms with Crippen molar-refractivity contribution in [1.82, 2.24) is 10.7 Å². The van der Waals surface area contributed by atoms with Crippen LogP contribution in [0.5, 0.6) is 11.5 Å². The Morgan fingerprint density at radius 3 is 2.74 bits per heavy atom. The molecular formula is C19H16BrN3O4. The topological polar surface area (TPSA) is 89.0 Å². The van der Waals surface area contributed by atoms with E-state index in [-0.39, 0.29) is 18.6 Å². The number of halogens is 1. The van der Waals surface area contributed by atoms with Crippen molar-refractivity contribution < 1.29 is 19.1 Å². The van der Waals surface area contributed by atoms with Crippen molar-refractivity contribution in [2.45, 2.75) is 5.92 Å².